The number of aryl methyl sites for hydroxylation is 4. The molecule has 7 heteroatoms. The second kappa shape index (κ2) is 9.50. The number of nitrogens with zero attached hydrogens (tertiary/aromatic N) is 4. The van der Waals surface area contributed by atoms with Gasteiger partial charge in [0.15, 0.2) is 5.96 Å². The summed E-state index contributed by atoms with van der Waals surface area (Å²) in [7, 11) is 1.79. The lowest BCUT2D eigenvalue weighted by atomic mass is 10.1. The second-order valence-corrected chi connectivity index (χ2v) is 8.01. The summed E-state index contributed by atoms with van der Waals surface area (Å²) in [5.74, 6) is 0.808. The Hall–Kier alpha value is -2.67. The second-order valence-electron chi connectivity index (χ2n) is 6.73. The monoisotopic (exact) mass is 396 g/mol. The number of benzene rings is 1. The van der Waals surface area contributed by atoms with Crippen molar-refractivity contribution in [3.05, 3.63) is 63.4 Å². The molecule has 3 rings (SSSR count). The molecule has 28 heavy (non-hydrogen) atoms. The highest BCUT2D eigenvalue weighted by Gasteiger charge is 2.07. The lowest BCUT2D eigenvalue weighted by Gasteiger charge is -2.10. The molecule has 0 atom stereocenters. The summed E-state index contributed by atoms with van der Waals surface area (Å²) in [4.78, 5) is 10.1. The minimum atomic E-state index is 0.696. The van der Waals surface area contributed by atoms with E-state index in [0.29, 0.717) is 6.54 Å². The zero-order chi connectivity index (χ0) is 19.9. The number of hydrogen-bond acceptors (Lipinski definition) is 4. The van der Waals surface area contributed by atoms with E-state index >= 15 is 0 Å². The molecule has 0 fully saturated rings. The van der Waals surface area contributed by atoms with E-state index in [0.717, 1.165) is 47.4 Å². The summed E-state index contributed by atoms with van der Waals surface area (Å²) in [6.45, 7) is 7.77. The molecule has 0 bridgehead atoms. The highest BCUT2D eigenvalue weighted by molar-refractivity contribution is 7.11. The van der Waals surface area contributed by atoms with E-state index in [2.05, 4.69) is 57.9 Å². The predicted octanol–water partition coefficient (Wildman–Crippen LogP) is 3.55. The van der Waals surface area contributed by atoms with E-state index in [1.54, 1.807) is 18.4 Å². The third-order valence-corrected chi connectivity index (χ3v) is 5.71. The van der Waals surface area contributed by atoms with Crippen LogP contribution >= 0.6 is 11.3 Å². The molecular formula is C21H28N6S. The van der Waals surface area contributed by atoms with Crippen LogP contribution in [0, 0.1) is 20.8 Å². The third kappa shape index (κ3) is 5.19. The minimum absolute atomic E-state index is 0.696. The largest absolute Gasteiger partial charge is 0.356 e. The predicted molar refractivity (Wildman–Crippen MR) is 116 cm³/mol. The molecule has 0 aliphatic heterocycles. The molecule has 0 amide bonds. The van der Waals surface area contributed by atoms with Crippen molar-refractivity contribution in [1.29, 1.82) is 0 Å². The summed E-state index contributed by atoms with van der Waals surface area (Å²) in [5.41, 5.74) is 4.56. The number of rotatable bonds is 7. The molecule has 0 unspecified atom stereocenters. The number of thiazole rings is 1. The first-order valence-corrected chi connectivity index (χ1v) is 10.4. The van der Waals surface area contributed by atoms with Crippen molar-refractivity contribution in [2.24, 2.45) is 4.99 Å². The van der Waals surface area contributed by atoms with Crippen LogP contribution in [-0.4, -0.2) is 34.3 Å². The Morgan fingerprint density at radius 2 is 1.89 bits per heavy atom. The number of hydrogen-bond donors (Lipinski definition) is 2. The van der Waals surface area contributed by atoms with Gasteiger partial charge >= 0.3 is 0 Å². The van der Waals surface area contributed by atoms with Crippen LogP contribution in [0.4, 0.5) is 0 Å². The Bertz CT molecular complexity index is 906. The molecule has 148 valence electrons. The topological polar surface area (TPSA) is 67.1 Å². The van der Waals surface area contributed by atoms with Gasteiger partial charge in [0.05, 0.1) is 23.6 Å². The first-order valence-electron chi connectivity index (χ1n) is 9.55. The van der Waals surface area contributed by atoms with Crippen molar-refractivity contribution in [2.45, 2.75) is 40.2 Å². The van der Waals surface area contributed by atoms with Gasteiger partial charge in [0.1, 0.15) is 5.01 Å². The molecule has 0 spiro atoms. The molecule has 3 aromatic rings. The van der Waals surface area contributed by atoms with Gasteiger partial charge in [-0.25, -0.2) is 9.67 Å². The summed E-state index contributed by atoms with van der Waals surface area (Å²) < 4.78 is 1.95. The van der Waals surface area contributed by atoms with Crippen LogP contribution in [0.25, 0.3) is 5.69 Å². The maximum atomic E-state index is 4.64. The van der Waals surface area contributed by atoms with Gasteiger partial charge in [0.25, 0.3) is 0 Å². The quantitative estimate of drug-likeness (QED) is 0.364. The molecule has 0 saturated carbocycles. The highest BCUT2D eigenvalue weighted by Crippen LogP contribution is 2.16. The molecule has 1 aromatic carbocycles. The van der Waals surface area contributed by atoms with E-state index in [1.807, 2.05) is 29.8 Å². The Balaban J connectivity index is 1.45. The van der Waals surface area contributed by atoms with E-state index < -0.39 is 0 Å². The molecule has 0 aliphatic rings. The average Bonchev–Trinajstić information content (AvgIpc) is 3.23. The van der Waals surface area contributed by atoms with Gasteiger partial charge < -0.3 is 10.6 Å². The van der Waals surface area contributed by atoms with Crippen LogP contribution in [0.1, 0.15) is 33.3 Å². The fraction of sp³-hybridized carbons (Fsp3) is 0.381. The number of aromatic nitrogens is 3. The van der Waals surface area contributed by atoms with Gasteiger partial charge in [-0.2, -0.15) is 5.10 Å². The van der Waals surface area contributed by atoms with Crippen LogP contribution in [0.2, 0.25) is 0 Å². The first kappa shape index (κ1) is 20.1. The van der Waals surface area contributed by atoms with Gasteiger partial charge in [-0.15, -0.1) is 11.3 Å². The first-order chi connectivity index (χ1) is 13.6. The van der Waals surface area contributed by atoms with Crippen molar-refractivity contribution in [3.8, 4) is 5.69 Å². The Morgan fingerprint density at radius 1 is 1.11 bits per heavy atom. The van der Waals surface area contributed by atoms with Crippen LogP contribution in [0.3, 0.4) is 0 Å². The molecule has 0 saturated heterocycles. The smallest absolute Gasteiger partial charge is 0.191 e. The van der Waals surface area contributed by atoms with Crippen LogP contribution in [0.15, 0.2) is 41.5 Å². The van der Waals surface area contributed by atoms with Crippen molar-refractivity contribution in [1.82, 2.24) is 25.4 Å². The van der Waals surface area contributed by atoms with Gasteiger partial charge in [-0.3, -0.25) is 4.99 Å². The average molecular weight is 397 g/mol. The van der Waals surface area contributed by atoms with E-state index in [-0.39, 0.29) is 0 Å². The minimum Gasteiger partial charge on any atom is -0.356 e. The van der Waals surface area contributed by atoms with E-state index in [1.165, 1.54) is 10.4 Å². The van der Waals surface area contributed by atoms with E-state index in [9.17, 15) is 0 Å². The van der Waals surface area contributed by atoms with E-state index in [4.69, 9.17) is 0 Å². The standard InChI is InChI=1S/C21H28N6S/c1-15-17(3)28-20(25-15)13-24-21(22-4)23-12-8-9-18-14-27(26-16(18)2)19-10-6-5-7-11-19/h5-7,10-11,14H,8-9,12-13H2,1-4H3,(H2,22,23,24). The molecule has 0 radical (unpaired) electrons. The van der Waals surface area contributed by atoms with Gasteiger partial charge in [0, 0.05) is 24.7 Å². The number of nitrogens with one attached hydrogen (secondary N) is 2. The summed E-state index contributed by atoms with van der Waals surface area (Å²) >= 11 is 1.73. The molecule has 0 aliphatic carbocycles. The molecule has 2 heterocycles. The highest BCUT2D eigenvalue weighted by atomic mass is 32.1. The molecule has 2 N–H and O–H groups in total. The molecular weight excluding hydrogens is 368 g/mol. The van der Waals surface area contributed by atoms with Crippen molar-refractivity contribution in [2.75, 3.05) is 13.6 Å². The third-order valence-electron chi connectivity index (χ3n) is 4.64. The lowest BCUT2D eigenvalue weighted by Crippen LogP contribution is -2.37. The number of aliphatic imine (C=N–C) groups is 1. The van der Waals surface area contributed by atoms with Gasteiger partial charge in [-0.05, 0) is 51.3 Å². The van der Waals surface area contributed by atoms with Gasteiger partial charge in [-0.1, -0.05) is 18.2 Å². The Labute approximate surface area is 170 Å². The van der Waals surface area contributed by atoms with Crippen molar-refractivity contribution in [3.63, 3.8) is 0 Å². The zero-order valence-corrected chi connectivity index (χ0v) is 17.8. The van der Waals surface area contributed by atoms with Crippen molar-refractivity contribution < 1.29 is 0 Å². The fourth-order valence-electron chi connectivity index (χ4n) is 2.93. The van der Waals surface area contributed by atoms with Crippen LogP contribution in [0.5, 0.6) is 0 Å². The number of para-hydroxylation sites is 1. The van der Waals surface area contributed by atoms with Crippen LogP contribution in [-0.2, 0) is 13.0 Å². The summed E-state index contributed by atoms with van der Waals surface area (Å²) in [6, 6.07) is 10.2. The SMILES string of the molecule is CN=C(NCCCc1cn(-c2ccccc2)nc1C)NCc1nc(C)c(C)s1. The number of guanidine groups is 1. The summed E-state index contributed by atoms with van der Waals surface area (Å²) in [5, 5.41) is 12.4. The Kier molecular flexibility index (Phi) is 6.81. The molecule has 2 aromatic heterocycles. The van der Waals surface area contributed by atoms with Gasteiger partial charge in [0.2, 0.25) is 0 Å². The fourth-order valence-corrected chi connectivity index (χ4v) is 3.81. The summed E-state index contributed by atoms with van der Waals surface area (Å²) in [6.07, 6.45) is 4.12. The Morgan fingerprint density at radius 3 is 2.57 bits per heavy atom. The zero-order valence-electron chi connectivity index (χ0n) is 17.0. The lowest BCUT2D eigenvalue weighted by molar-refractivity contribution is 0.739. The normalized spacial score (nSPS) is 11.6. The van der Waals surface area contributed by atoms with Crippen molar-refractivity contribution >= 4 is 17.3 Å². The van der Waals surface area contributed by atoms with Crippen LogP contribution < -0.4 is 10.6 Å². The molecule has 6 nitrogen and oxygen atoms in total. The maximum absolute atomic E-state index is 4.64. The maximum Gasteiger partial charge on any atom is 0.191 e.